The van der Waals surface area contributed by atoms with E-state index in [-0.39, 0.29) is 0 Å². The fraction of sp³-hybridized carbons (Fsp3) is 0.357. The van der Waals surface area contributed by atoms with E-state index < -0.39 is 12.0 Å². The van der Waals surface area contributed by atoms with E-state index in [4.69, 9.17) is 0 Å². The monoisotopic (exact) mass is 274 g/mol. The van der Waals surface area contributed by atoms with E-state index in [0.29, 0.717) is 13.1 Å². The third-order valence-electron chi connectivity index (χ3n) is 3.01. The van der Waals surface area contributed by atoms with Gasteiger partial charge in [0.25, 0.3) is 0 Å². The van der Waals surface area contributed by atoms with Gasteiger partial charge in [-0.1, -0.05) is 6.07 Å². The van der Waals surface area contributed by atoms with Gasteiger partial charge in [-0.2, -0.15) is 5.10 Å². The van der Waals surface area contributed by atoms with Crippen molar-refractivity contribution in [2.24, 2.45) is 0 Å². The molecule has 2 aromatic heterocycles. The van der Waals surface area contributed by atoms with Gasteiger partial charge in [0.05, 0.1) is 17.9 Å². The molecule has 1 atom stereocenters. The molecule has 0 amide bonds. The van der Waals surface area contributed by atoms with E-state index in [0.717, 1.165) is 17.1 Å². The molecule has 106 valence electrons. The molecule has 0 aliphatic rings. The second-order valence-corrected chi connectivity index (χ2v) is 4.70. The Labute approximate surface area is 117 Å². The summed E-state index contributed by atoms with van der Waals surface area (Å²) >= 11 is 0. The Hall–Kier alpha value is -2.21. The molecule has 20 heavy (non-hydrogen) atoms. The zero-order chi connectivity index (χ0) is 14.5. The fourth-order valence-corrected chi connectivity index (χ4v) is 1.99. The predicted octanol–water partition coefficient (Wildman–Crippen LogP) is 1.14. The molecule has 2 aromatic rings. The number of nitrogens with zero attached hydrogens (tertiary/aromatic N) is 3. The van der Waals surface area contributed by atoms with Crippen LogP contribution >= 0.6 is 0 Å². The molecule has 6 heteroatoms. The SMILES string of the molecule is Cc1cc(C)n(C[C@@H](NCc2ccccn2)C(=O)O)n1. The predicted molar refractivity (Wildman–Crippen MR) is 74.2 cm³/mol. The number of hydrogen-bond donors (Lipinski definition) is 2. The standard InChI is InChI=1S/C14H18N4O2/c1-10-7-11(2)18(17-10)9-13(14(19)20)16-8-12-5-3-4-6-15-12/h3-7,13,16H,8-9H2,1-2H3,(H,19,20)/t13-/m1/s1. The minimum Gasteiger partial charge on any atom is -0.480 e. The molecular weight excluding hydrogens is 256 g/mol. The first kappa shape index (κ1) is 14.2. The number of nitrogens with one attached hydrogen (secondary N) is 1. The summed E-state index contributed by atoms with van der Waals surface area (Å²) in [5, 5.41) is 16.6. The molecule has 0 unspecified atom stereocenters. The first-order chi connectivity index (χ1) is 9.56. The van der Waals surface area contributed by atoms with E-state index in [1.807, 2.05) is 38.1 Å². The van der Waals surface area contributed by atoms with Crippen molar-refractivity contribution in [3.8, 4) is 0 Å². The molecule has 0 bridgehead atoms. The van der Waals surface area contributed by atoms with Crippen LogP contribution in [0.5, 0.6) is 0 Å². The molecule has 0 saturated heterocycles. The average molecular weight is 274 g/mol. The van der Waals surface area contributed by atoms with Crippen LogP contribution in [0.1, 0.15) is 17.1 Å². The van der Waals surface area contributed by atoms with Gasteiger partial charge in [0, 0.05) is 18.4 Å². The molecule has 0 aromatic carbocycles. The molecule has 2 rings (SSSR count). The number of hydrogen-bond acceptors (Lipinski definition) is 4. The van der Waals surface area contributed by atoms with Crippen molar-refractivity contribution >= 4 is 5.97 Å². The van der Waals surface area contributed by atoms with Crippen molar-refractivity contribution in [3.63, 3.8) is 0 Å². The number of carbonyl (C=O) groups is 1. The lowest BCUT2D eigenvalue weighted by Crippen LogP contribution is -2.40. The molecule has 0 aliphatic carbocycles. The number of aryl methyl sites for hydroxylation is 2. The van der Waals surface area contributed by atoms with Gasteiger partial charge in [-0.25, -0.2) is 0 Å². The normalized spacial score (nSPS) is 12.3. The topological polar surface area (TPSA) is 80.0 Å². The van der Waals surface area contributed by atoms with Crippen LogP contribution in [0.25, 0.3) is 0 Å². The highest BCUT2D eigenvalue weighted by Crippen LogP contribution is 2.04. The summed E-state index contributed by atoms with van der Waals surface area (Å²) in [7, 11) is 0. The van der Waals surface area contributed by atoms with E-state index >= 15 is 0 Å². The summed E-state index contributed by atoms with van der Waals surface area (Å²) < 4.78 is 1.71. The Balaban J connectivity index is 2.01. The van der Waals surface area contributed by atoms with Gasteiger partial charge < -0.3 is 5.11 Å². The Morgan fingerprint density at radius 2 is 2.25 bits per heavy atom. The van der Waals surface area contributed by atoms with Crippen molar-refractivity contribution in [3.05, 3.63) is 47.5 Å². The Kier molecular flexibility index (Phi) is 4.47. The average Bonchev–Trinajstić information content (AvgIpc) is 2.73. The maximum Gasteiger partial charge on any atom is 0.322 e. The number of carboxylic acid groups (broad SMARTS) is 1. The lowest BCUT2D eigenvalue weighted by atomic mass is 10.2. The molecule has 0 fully saturated rings. The molecular formula is C14H18N4O2. The number of pyridine rings is 1. The van der Waals surface area contributed by atoms with Crippen LogP contribution < -0.4 is 5.32 Å². The molecule has 0 saturated carbocycles. The van der Waals surface area contributed by atoms with Gasteiger partial charge >= 0.3 is 5.97 Å². The van der Waals surface area contributed by atoms with E-state index in [9.17, 15) is 9.90 Å². The third kappa shape index (κ3) is 3.64. The van der Waals surface area contributed by atoms with E-state index in [1.54, 1.807) is 10.9 Å². The lowest BCUT2D eigenvalue weighted by molar-refractivity contribution is -0.140. The molecule has 6 nitrogen and oxygen atoms in total. The zero-order valence-corrected chi connectivity index (χ0v) is 11.6. The van der Waals surface area contributed by atoms with Crippen LogP contribution in [-0.4, -0.2) is 31.9 Å². The molecule has 2 N–H and O–H groups in total. The summed E-state index contributed by atoms with van der Waals surface area (Å²) in [6, 6.07) is 6.79. The van der Waals surface area contributed by atoms with Gasteiger partial charge in [-0.15, -0.1) is 0 Å². The maximum absolute atomic E-state index is 11.3. The van der Waals surface area contributed by atoms with Crippen molar-refractivity contribution in [2.75, 3.05) is 0 Å². The minimum absolute atomic E-state index is 0.293. The Morgan fingerprint density at radius 1 is 1.45 bits per heavy atom. The summed E-state index contributed by atoms with van der Waals surface area (Å²) in [5.74, 6) is -0.895. The zero-order valence-electron chi connectivity index (χ0n) is 11.6. The van der Waals surface area contributed by atoms with Crippen molar-refractivity contribution in [1.29, 1.82) is 0 Å². The highest BCUT2D eigenvalue weighted by Gasteiger charge is 2.19. The summed E-state index contributed by atoms with van der Waals surface area (Å²) in [6.45, 7) is 4.51. The quantitative estimate of drug-likeness (QED) is 0.825. The van der Waals surface area contributed by atoms with E-state index in [2.05, 4.69) is 15.4 Å². The van der Waals surface area contributed by atoms with Crippen molar-refractivity contribution in [1.82, 2.24) is 20.1 Å². The van der Waals surface area contributed by atoms with Crippen LogP contribution in [0.4, 0.5) is 0 Å². The highest BCUT2D eigenvalue weighted by molar-refractivity contribution is 5.73. The molecule has 0 aliphatic heterocycles. The largest absolute Gasteiger partial charge is 0.480 e. The van der Waals surface area contributed by atoms with Crippen LogP contribution in [0.3, 0.4) is 0 Å². The lowest BCUT2D eigenvalue weighted by Gasteiger charge is -2.15. The summed E-state index contributed by atoms with van der Waals surface area (Å²) in [5.41, 5.74) is 2.65. The molecule has 0 spiro atoms. The van der Waals surface area contributed by atoms with Gasteiger partial charge in [-0.3, -0.25) is 19.8 Å². The van der Waals surface area contributed by atoms with Crippen LogP contribution in [-0.2, 0) is 17.9 Å². The first-order valence-corrected chi connectivity index (χ1v) is 6.43. The van der Waals surface area contributed by atoms with Crippen LogP contribution in [0, 0.1) is 13.8 Å². The van der Waals surface area contributed by atoms with Crippen molar-refractivity contribution in [2.45, 2.75) is 33.0 Å². The highest BCUT2D eigenvalue weighted by atomic mass is 16.4. The minimum atomic E-state index is -0.895. The number of carboxylic acids is 1. The third-order valence-corrected chi connectivity index (χ3v) is 3.01. The van der Waals surface area contributed by atoms with E-state index in [1.165, 1.54) is 0 Å². The van der Waals surface area contributed by atoms with Crippen LogP contribution in [0.15, 0.2) is 30.5 Å². The van der Waals surface area contributed by atoms with Gasteiger partial charge in [-0.05, 0) is 32.0 Å². The summed E-state index contributed by atoms with van der Waals surface area (Å²) in [4.78, 5) is 15.5. The summed E-state index contributed by atoms with van der Waals surface area (Å²) in [6.07, 6.45) is 1.69. The number of aliphatic carboxylic acids is 1. The molecule has 2 heterocycles. The second-order valence-electron chi connectivity index (χ2n) is 4.70. The molecule has 0 radical (unpaired) electrons. The Morgan fingerprint density at radius 3 is 2.80 bits per heavy atom. The van der Waals surface area contributed by atoms with Gasteiger partial charge in [0.15, 0.2) is 0 Å². The van der Waals surface area contributed by atoms with Gasteiger partial charge in [0.2, 0.25) is 0 Å². The fourth-order valence-electron chi connectivity index (χ4n) is 1.99. The first-order valence-electron chi connectivity index (χ1n) is 6.43. The Bertz CT molecular complexity index is 580. The second kappa shape index (κ2) is 6.29. The van der Waals surface area contributed by atoms with Gasteiger partial charge in [0.1, 0.15) is 6.04 Å². The number of rotatable bonds is 6. The van der Waals surface area contributed by atoms with Crippen molar-refractivity contribution < 1.29 is 9.90 Å². The van der Waals surface area contributed by atoms with Crippen LogP contribution in [0.2, 0.25) is 0 Å². The maximum atomic E-state index is 11.3. The smallest absolute Gasteiger partial charge is 0.322 e. The number of aromatic nitrogens is 3.